The third-order valence-corrected chi connectivity index (χ3v) is 19.2. The fourth-order valence-electron chi connectivity index (χ4n) is 16.6. The highest BCUT2D eigenvalue weighted by atomic mass is 15.1. The van der Waals surface area contributed by atoms with E-state index < -0.39 is 5.41 Å². The van der Waals surface area contributed by atoms with Crippen molar-refractivity contribution in [2.24, 2.45) is 17.8 Å². The van der Waals surface area contributed by atoms with E-state index in [1.807, 2.05) is 0 Å². The molecule has 10 aromatic rings. The Morgan fingerprint density at radius 2 is 0.808 bits per heavy atom. The van der Waals surface area contributed by atoms with E-state index in [9.17, 15) is 0 Å². The molecule has 17 rings (SSSR count). The smallest absolute Gasteiger partial charge is 0.0726 e. The highest BCUT2D eigenvalue weighted by Crippen LogP contribution is 2.66. The van der Waals surface area contributed by atoms with Gasteiger partial charge in [-0.25, -0.2) is 0 Å². The SMILES string of the molecule is CC1(C)c2ccccc2-c2cc(N(c3ccc(-c4cccc5cccc(-c6ccccc6)c45)cc3)c3ccc4c(c3)C3(c5ccccc5-c5ccccc53)c3cc(C56CC7CC(CC(C7)C5)C6)ccc3-4)ccc21. The summed E-state index contributed by atoms with van der Waals surface area (Å²) in [5, 5.41) is 2.53. The molecule has 0 unspecified atom stereocenters. The summed E-state index contributed by atoms with van der Waals surface area (Å²) in [5.41, 5.74) is 26.4. The molecule has 0 aromatic heterocycles. The molecular formula is C72H57N. The summed E-state index contributed by atoms with van der Waals surface area (Å²) in [7, 11) is 0. The Bertz CT molecular complexity index is 3840. The molecule has 0 radical (unpaired) electrons. The average molecular weight is 936 g/mol. The van der Waals surface area contributed by atoms with E-state index in [0.717, 1.165) is 29.1 Å². The summed E-state index contributed by atoms with van der Waals surface area (Å²) in [6.07, 6.45) is 8.44. The predicted molar refractivity (Wildman–Crippen MR) is 303 cm³/mol. The Morgan fingerprint density at radius 3 is 1.45 bits per heavy atom. The van der Waals surface area contributed by atoms with Crippen molar-refractivity contribution in [2.75, 3.05) is 4.90 Å². The van der Waals surface area contributed by atoms with E-state index >= 15 is 0 Å². The van der Waals surface area contributed by atoms with Crippen LogP contribution < -0.4 is 4.90 Å². The molecule has 4 saturated carbocycles. The minimum atomic E-state index is -0.451. The maximum Gasteiger partial charge on any atom is 0.0726 e. The van der Waals surface area contributed by atoms with Gasteiger partial charge in [-0.2, -0.15) is 0 Å². The lowest BCUT2D eigenvalue weighted by Gasteiger charge is -2.57. The molecule has 4 fully saturated rings. The van der Waals surface area contributed by atoms with Crippen LogP contribution in [0.4, 0.5) is 17.1 Å². The van der Waals surface area contributed by atoms with Crippen LogP contribution in [-0.4, -0.2) is 0 Å². The van der Waals surface area contributed by atoms with Crippen LogP contribution in [0.5, 0.6) is 0 Å². The van der Waals surface area contributed by atoms with Gasteiger partial charge in [-0.15, -0.1) is 0 Å². The van der Waals surface area contributed by atoms with Gasteiger partial charge < -0.3 is 4.90 Å². The minimum Gasteiger partial charge on any atom is -0.310 e. The first kappa shape index (κ1) is 41.8. The van der Waals surface area contributed by atoms with Crippen LogP contribution >= 0.6 is 0 Å². The normalized spacial score (nSPS) is 21.4. The van der Waals surface area contributed by atoms with Crippen molar-refractivity contribution in [3.8, 4) is 55.6 Å². The maximum atomic E-state index is 2.74. The topological polar surface area (TPSA) is 3.24 Å². The molecule has 1 nitrogen and oxygen atoms in total. The second kappa shape index (κ2) is 15.2. The van der Waals surface area contributed by atoms with Crippen LogP contribution in [0.15, 0.2) is 218 Å². The molecule has 0 atom stereocenters. The third-order valence-electron chi connectivity index (χ3n) is 19.2. The lowest BCUT2D eigenvalue weighted by atomic mass is 9.48. The van der Waals surface area contributed by atoms with Crippen LogP contribution in [0.3, 0.4) is 0 Å². The summed E-state index contributed by atoms with van der Waals surface area (Å²) < 4.78 is 0. The van der Waals surface area contributed by atoms with Gasteiger partial charge in [0.1, 0.15) is 0 Å². The highest BCUT2D eigenvalue weighted by Gasteiger charge is 2.55. The monoisotopic (exact) mass is 935 g/mol. The van der Waals surface area contributed by atoms with Gasteiger partial charge in [-0.1, -0.05) is 196 Å². The number of rotatable bonds is 6. The molecule has 73 heavy (non-hydrogen) atoms. The molecule has 350 valence electrons. The van der Waals surface area contributed by atoms with E-state index in [1.54, 1.807) is 5.56 Å². The molecular weight excluding hydrogens is 879 g/mol. The summed E-state index contributed by atoms with van der Waals surface area (Å²) in [5.74, 6) is 2.66. The van der Waals surface area contributed by atoms with Gasteiger partial charge in [0.05, 0.1) is 5.41 Å². The first-order chi connectivity index (χ1) is 35.9. The minimum absolute atomic E-state index is 0.0853. The lowest BCUT2D eigenvalue weighted by molar-refractivity contribution is -0.00522. The number of nitrogens with zero attached hydrogens (tertiary/aromatic N) is 1. The second-order valence-corrected chi connectivity index (χ2v) is 23.4. The molecule has 0 saturated heterocycles. The fourth-order valence-corrected chi connectivity index (χ4v) is 16.6. The number of benzene rings is 10. The lowest BCUT2D eigenvalue weighted by Crippen LogP contribution is -2.48. The van der Waals surface area contributed by atoms with E-state index in [-0.39, 0.29) is 5.41 Å². The first-order valence-electron chi connectivity index (χ1n) is 27.1. The summed E-state index contributed by atoms with van der Waals surface area (Å²) in [4.78, 5) is 2.54. The quantitative estimate of drug-likeness (QED) is 0.161. The molecule has 7 aliphatic rings. The van der Waals surface area contributed by atoms with E-state index in [4.69, 9.17) is 0 Å². The van der Waals surface area contributed by atoms with E-state index in [2.05, 4.69) is 237 Å². The molecule has 0 N–H and O–H groups in total. The highest BCUT2D eigenvalue weighted by molar-refractivity contribution is 6.07. The Kier molecular flexibility index (Phi) is 8.69. The van der Waals surface area contributed by atoms with Crippen molar-refractivity contribution in [1.29, 1.82) is 0 Å². The molecule has 4 bridgehead atoms. The number of hydrogen-bond acceptors (Lipinski definition) is 1. The standard InChI is InChI=1S/C72H57N/c1-70(2)63-23-9-6-20-59(63)62-40-53(32-35-64(62)70)73(52-29-26-49(27-30-52)56-22-13-17-50-16-12-21-55(69(50)56)48-14-4-3-5-15-48)54-31-34-61-60-33-28-51(71-42-45-36-46(43-71)38-47(37-45)44-71)39-67(60)72(68(61)41-54)65-24-10-7-18-57(65)58-19-8-11-25-66(58)72/h3-35,39-41,45-47H,36-38,42-44H2,1-2H3. The largest absolute Gasteiger partial charge is 0.310 e. The maximum absolute atomic E-state index is 2.74. The first-order valence-corrected chi connectivity index (χ1v) is 27.1. The summed E-state index contributed by atoms with van der Waals surface area (Å²) in [6.45, 7) is 4.77. The van der Waals surface area contributed by atoms with Crippen LogP contribution in [0.1, 0.15) is 91.3 Å². The number of anilines is 3. The van der Waals surface area contributed by atoms with Gasteiger partial charge >= 0.3 is 0 Å². The van der Waals surface area contributed by atoms with Gasteiger partial charge in [-0.3, -0.25) is 0 Å². The zero-order valence-electron chi connectivity index (χ0n) is 41.7. The van der Waals surface area contributed by atoms with Gasteiger partial charge in [0.2, 0.25) is 0 Å². The molecule has 0 heterocycles. The van der Waals surface area contributed by atoms with E-state index in [0.29, 0.717) is 5.41 Å². The fraction of sp³-hybridized carbons (Fsp3) is 0.194. The predicted octanol–water partition coefficient (Wildman–Crippen LogP) is 18.8. The summed E-state index contributed by atoms with van der Waals surface area (Å²) in [6, 6.07) is 84.1. The summed E-state index contributed by atoms with van der Waals surface area (Å²) >= 11 is 0. The molecule has 0 amide bonds. The average Bonchev–Trinajstić information content (AvgIpc) is 3.98. The van der Waals surface area contributed by atoms with Crippen LogP contribution in [0, 0.1) is 17.8 Å². The molecule has 0 aliphatic heterocycles. The third kappa shape index (κ3) is 5.80. The van der Waals surface area contributed by atoms with Gasteiger partial charge in [0.25, 0.3) is 0 Å². The zero-order valence-corrected chi connectivity index (χ0v) is 41.7. The molecule has 1 spiro atoms. The van der Waals surface area contributed by atoms with Crippen molar-refractivity contribution < 1.29 is 0 Å². The molecule has 1 heteroatoms. The van der Waals surface area contributed by atoms with Crippen molar-refractivity contribution in [3.05, 3.63) is 257 Å². The van der Waals surface area contributed by atoms with Crippen LogP contribution in [-0.2, 0) is 16.2 Å². The van der Waals surface area contributed by atoms with Crippen LogP contribution in [0.25, 0.3) is 66.4 Å². The van der Waals surface area contributed by atoms with Crippen molar-refractivity contribution in [2.45, 2.75) is 68.6 Å². The van der Waals surface area contributed by atoms with Gasteiger partial charge in [0, 0.05) is 22.5 Å². The Hall–Kier alpha value is -7.74. The molecule has 10 aromatic carbocycles. The van der Waals surface area contributed by atoms with Crippen molar-refractivity contribution in [1.82, 2.24) is 0 Å². The van der Waals surface area contributed by atoms with Crippen molar-refractivity contribution in [3.63, 3.8) is 0 Å². The van der Waals surface area contributed by atoms with Gasteiger partial charge in [0.15, 0.2) is 0 Å². The van der Waals surface area contributed by atoms with Crippen LogP contribution in [0.2, 0.25) is 0 Å². The Balaban J connectivity index is 0.904. The molecule has 7 aliphatic carbocycles. The second-order valence-electron chi connectivity index (χ2n) is 23.4. The number of fused-ring (bicyclic) bond motifs is 14. The van der Waals surface area contributed by atoms with E-state index in [1.165, 1.54) is 144 Å². The Labute approximate surface area is 429 Å². The van der Waals surface area contributed by atoms with Crippen molar-refractivity contribution >= 4 is 27.8 Å². The number of hydrogen-bond donors (Lipinski definition) is 0. The zero-order chi connectivity index (χ0) is 48.2. The van der Waals surface area contributed by atoms with Gasteiger partial charge in [-0.05, 0) is 203 Å². The Morgan fingerprint density at radius 1 is 0.342 bits per heavy atom.